The van der Waals surface area contributed by atoms with Crippen LogP contribution in [0.15, 0.2) is 4.42 Å². The molecule has 0 spiro atoms. The van der Waals surface area contributed by atoms with Gasteiger partial charge in [0.1, 0.15) is 0 Å². The zero-order chi connectivity index (χ0) is 14.2. The van der Waals surface area contributed by atoms with E-state index in [9.17, 15) is 4.79 Å². The van der Waals surface area contributed by atoms with E-state index in [1.54, 1.807) is 0 Å². The molecule has 1 aliphatic heterocycles. The summed E-state index contributed by atoms with van der Waals surface area (Å²) < 4.78 is 10.6. The van der Waals surface area contributed by atoms with Gasteiger partial charge in [-0.05, 0) is 18.8 Å². The van der Waals surface area contributed by atoms with Crippen molar-refractivity contribution in [3.8, 4) is 0 Å². The van der Waals surface area contributed by atoms with Gasteiger partial charge in [0.15, 0.2) is 0 Å². The van der Waals surface area contributed by atoms with E-state index in [0.717, 1.165) is 38.8 Å². The first-order valence-electron chi connectivity index (χ1n) is 7.30. The van der Waals surface area contributed by atoms with Crippen molar-refractivity contribution in [1.82, 2.24) is 15.1 Å². The van der Waals surface area contributed by atoms with Crippen molar-refractivity contribution in [1.29, 1.82) is 0 Å². The topological polar surface area (TPSA) is 68.5 Å². The molecule has 6 heteroatoms. The van der Waals surface area contributed by atoms with E-state index in [1.165, 1.54) is 7.11 Å². The monoisotopic (exact) mass is 279 g/mol. The summed E-state index contributed by atoms with van der Waals surface area (Å²) >= 11 is 0. The van der Waals surface area contributed by atoms with Crippen LogP contribution in [0.25, 0.3) is 0 Å². The third-order valence-corrected chi connectivity index (χ3v) is 4.70. The molecule has 1 saturated heterocycles. The third kappa shape index (κ3) is 2.12. The lowest BCUT2D eigenvalue weighted by Gasteiger charge is -2.25. The van der Waals surface area contributed by atoms with Crippen LogP contribution in [0.3, 0.4) is 0 Å². The SMILES string of the molecule is CCc1nnc(CN2C[C@@H]3CCC[C@@]3(C(=O)OC)C2)o1. The Labute approximate surface area is 118 Å². The highest BCUT2D eigenvalue weighted by Gasteiger charge is 2.55. The molecule has 0 radical (unpaired) electrons. The van der Waals surface area contributed by atoms with Crippen LogP contribution in [0.5, 0.6) is 0 Å². The number of aromatic nitrogens is 2. The Kier molecular flexibility index (Phi) is 3.50. The molecular formula is C14H21N3O3. The lowest BCUT2D eigenvalue weighted by Crippen LogP contribution is -2.36. The summed E-state index contributed by atoms with van der Waals surface area (Å²) in [5.74, 6) is 1.66. The van der Waals surface area contributed by atoms with Crippen LogP contribution in [-0.2, 0) is 22.5 Å². The number of carbonyl (C=O) groups excluding carboxylic acids is 1. The van der Waals surface area contributed by atoms with Crippen molar-refractivity contribution in [2.24, 2.45) is 11.3 Å². The summed E-state index contributed by atoms with van der Waals surface area (Å²) in [7, 11) is 1.49. The van der Waals surface area contributed by atoms with Gasteiger partial charge in [0.05, 0.1) is 19.1 Å². The summed E-state index contributed by atoms with van der Waals surface area (Å²) in [5, 5.41) is 8.04. The highest BCUT2D eigenvalue weighted by atomic mass is 16.5. The van der Waals surface area contributed by atoms with Crippen LogP contribution in [0, 0.1) is 11.3 Å². The van der Waals surface area contributed by atoms with Crippen LogP contribution in [-0.4, -0.2) is 41.3 Å². The Hall–Kier alpha value is -1.43. The fourth-order valence-corrected chi connectivity index (χ4v) is 3.74. The van der Waals surface area contributed by atoms with Crippen molar-refractivity contribution in [3.63, 3.8) is 0 Å². The van der Waals surface area contributed by atoms with Crippen LogP contribution >= 0.6 is 0 Å². The van der Waals surface area contributed by atoms with Gasteiger partial charge in [0.2, 0.25) is 11.8 Å². The van der Waals surface area contributed by atoms with Gasteiger partial charge in [-0.3, -0.25) is 9.69 Å². The molecule has 2 heterocycles. The van der Waals surface area contributed by atoms with Crippen LogP contribution in [0.2, 0.25) is 0 Å². The molecule has 0 aromatic carbocycles. The number of rotatable bonds is 4. The second kappa shape index (κ2) is 5.16. The summed E-state index contributed by atoms with van der Waals surface area (Å²) in [5.41, 5.74) is -0.303. The third-order valence-electron chi connectivity index (χ3n) is 4.70. The number of fused-ring (bicyclic) bond motifs is 1. The lowest BCUT2D eigenvalue weighted by atomic mass is 9.81. The van der Waals surface area contributed by atoms with E-state index >= 15 is 0 Å². The number of ether oxygens (including phenoxy) is 1. The van der Waals surface area contributed by atoms with E-state index in [4.69, 9.17) is 9.15 Å². The normalized spacial score (nSPS) is 29.6. The first kappa shape index (κ1) is 13.5. The minimum absolute atomic E-state index is 0.0534. The molecule has 2 atom stereocenters. The van der Waals surface area contributed by atoms with Crippen LogP contribution in [0.1, 0.15) is 38.0 Å². The summed E-state index contributed by atoms with van der Waals surface area (Å²) in [6, 6.07) is 0. The number of carbonyl (C=O) groups is 1. The molecule has 1 aliphatic carbocycles. The maximum atomic E-state index is 12.2. The summed E-state index contributed by atoms with van der Waals surface area (Å²) in [6.45, 7) is 4.28. The highest BCUT2D eigenvalue weighted by molar-refractivity contribution is 5.78. The smallest absolute Gasteiger partial charge is 0.313 e. The number of nitrogens with zero attached hydrogens (tertiary/aromatic N) is 3. The van der Waals surface area contributed by atoms with Crippen molar-refractivity contribution < 1.29 is 13.9 Å². The van der Waals surface area contributed by atoms with Gasteiger partial charge >= 0.3 is 5.97 Å². The van der Waals surface area contributed by atoms with Gasteiger partial charge < -0.3 is 9.15 Å². The first-order valence-corrected chi connectivity index (χ1v) is 7.30. The zero-order valence-electron chi connectivity index (χ0n) is 12.1. The largest absolute Gasteiger partial charge is 0.469 e. The molecule has 3 rings (SSSR count). The molecule has 110 valence electrons. The Morgan fingerprint density at radius 3 is 3.00 bits per heavy atom. The standard InChI is InChI=1S/C14H21N3O3/c1-3-11-15-16-12(20-11)8-17-7-10-5-4-6-14(10,9-17)13(18)19-2/h10H,3-9H2,1-2H3/t10-,14+/m0/s1. The fraction of sp³-hybridized carbons (Fsp3) is 0.786. The summed E-state index contributed by atoms with van der Waals surface area (Å²) in [6.07, 6.45) is 3.91. The van der Waals surface area contributed by atoms with E-state index in [-0.39, 0.29) is 11.4 Å². The second-order valence-corrected chi connectivity index (χ2v) is 5.85. The van der Waals surface area contributed by atoms with Crippen LogP contribution < -0.4 is 0 Å². The molecule has 0 amide bonds. The number of methoxy groups -OCH3 is 1. The van der Waals surface area contributed by atoms with E-state index in [1.807, 2.05) is 6.92 Å². The van der Waals surface area contributed by atoms with Crippen molar-refractivity contribution in [3.05, 3.63) is 11.8 Å². The van der Waals surface area contributed by atoms with E-state index in [2.05, 4.69) is 15.1 Å². The van der Waals surface area contributed by atoms with Gasteiger partial charge in [-0.2, -0.15) is 0 Å². The van der Waals surface area contributed by atoms with Crippen LogP contribution in [0.4, 0.5) is 0 Å². The maximum absolute atomic E-state index is 12.2. The second-order valence-electron chi connectivity index (χ2n) is 5.85. The lowest BCUT2D eigenvalue weighted by molar-refractivity contribution is -0.153. The van der Waals surface area contributed by atoms with E-state index < -0.39 is 0 Å². The molecule has 6 nitrogen and oxygen atoms in total. The Balaban J connectivity index is 1.70. The Morgan fingerprint density at radius 1 is 1.50 bits per heavy atom. The molecule has 2 aliphatic rings. The van der Waals surface area contributed by atoms with Gasteiger partial charge in [-0.15, -0.1) is 10.2 Å². The average Bonchev–Trinajstić information content (AvgIpc) is 3.11. The molecule has 20 heavy (non-hydrogen) atoms. The highest BCUT2D eigenvalue weighted by Crippen LogP contribution is 2.49. The van der Waals surface area contributed by atoms with Gasteiger partial charge in [0, 0.05) is 19.5 Å². The molecule has 2 fully saturated rings. The fourth-order valence-electron chi connectivity index (χ4n) is 3.74. The average molecular weight is 279 g/mol. The predicted molar refractivity (Wildman–Crippen MR) is 70.7 cm³/mol. The van der Waals surface area contributed by atoms with Crippen molar-refractivity contribution in [2.45, 2.75) is 39.2 Å². The number of esters is 1. The van der Waals surface area contributed by atoms with Gasteiger partial charge in [-0.25, -0.2) is 0 Å². The number of likely N-dealkylation sites (tertiary alicyclic amines) is 1. The molecular weight excluding hydrogens is 258 g/mol. The van der Waals surface area contributed by atoms with Crippen molar-refractivity contribution in [2.75, 3.05) is 20.2 Å². The Morgan fingerprint density at radius 2 is 2.30 bits per heavy atom. The quantitative estimate of drug-likeness (QED) is 0.776. The maximum Gasteiger partial charge on any atom is 0.313 e. The molecule has 0 unspecified atom stereocenters. The molecule has 0 bridgehead atoms. The van der Waals surface area contributed by atoms with Gasteiger partial charge in [-0.1, -0.05) is 13.3 Å². The van der Waals surface area contributed by atoms with E-state index in [0.29, 0.717) is 24.2 Å². The zero-order valence-corrected chi connectivity index (χ0v) is 12.1. The summed E-state index contributed by atoms with van der Waals surface area (Å²) in [4.78, 5) is 14.4. The molecule has 1 aromatic heterocycles. The first-order chi connectivity index (χ1) is 9.68. The number of hydrogen-bond acceptors (Lipinski definition) is 6. The van der Waals surface area contributed by atoms with Crippen molar-refractivity contribution >= 4 is 5.97 Å². The molecule has 1 aromatic rings. The molecule has 0 N–H and O–H groups in total. The predicted octanol–water partition coefficient (Wildman–Crippen LogP) is 1.41. The minimum Gasteiger partial charge on any atom is -0.469 e. The number of hydrogen-bond donors (Lipinski definition) is 0. The molecule has 1 saturated carbocycles. The van der Waals surface area contributed by atoms with Gasteiger partial charge in [0.25, 0.3) is 0 Å². The number of aryl methyl sites for hydroxylation is 1. The Bertz CT molecular complexity index is 502. The minimum atomic E-state index is -0.303.